The van der Waals surface area contributed by atoms with Crippen molar-refractivity contribution < 1.29 is 13.9 Å². The predicted octanol–water partition coefficient (Wildman–Crippen LogP) is 3.62. The molecule has 156 valence electrons. The lowest BCUT2D eigenvalue weighted by molar-refractivity contribution is 0.0927. The van der Waals surface area contributed by atoms with Gasteiger partial charge in [0.1, 0.15) is 11.6 Å². The molecule has 0 atom stereocenters. The second-order valence-corrected chi connectivity index (χ2v) is 7.72. The van der Waals surface area contributed by atoms with E-state index in [1.165, 1.54) is 11.8 Å². The summed E-state index contributed by atoms with van der Waals surface area (Å²) >= 11 is 1.49. The average Bonchev–Trinajstić information content (AvgIpc) is 3.28. The zero-order valence-electron chi connectivity index (χ0n) is 16.8. The van der Waals surface area contributed by atoms with Crippen molar-refractivity contribution in [3.8, 4) is 11.3 Å². The number of hydrogen-bond acceptors (Lipinski definition) is 7. The first kappa shape index (κ1) is 20.4. The van der Waals surface area contributed by atoms with Crippen LogP contribution in [0, 0.1) is 0 Å². The SMILES string of the molecule is CCNC(=O)c1ccc(CSc2nc(-c3ccccc3)cc(N3CCOCC3)n2)o1. The second kappa shape index (κ2) is 9.77. The number of anilines is 1. The molecule has 3 heterocycles. The Morgan fingerprint density at radius 2 is 1.93 bits per heavy atom. The van der Waals surface area contributed by atoms with Gasteiger partial charge in [-0.3, -0.25) is 4.79 Å². The summed E-state index contributed by atoms with van der Waals surface area (Å²) in [6.45, 7) is 5.45. The van der Waals surface area contributed by atoms with Crippen LogP contribution in [0.25, 0.3) is 11.3 Å². The Morgan fingerprint density at radius 3 is 2.70 bits per heavy atom. The van der Waals surface area contributed by atoms with E-state index in [1.807, 2.05) is 49.4 Å². The second-order valence-electron chi connectivity index (χ2n) is 6.77. The molecule has 1 aromatic carbocycles. The van der Waals surface area contributed by atoms with Crippen LogP contribution in [-0.2, 0) is 10.5 Å². The largest absolute Gasteiger partial charge is 0.455 e. The van der Waals surface area contributed by atoms with Gasteiger partial charge in [-0.15, -0.1) is 0 Å². The molecule has 0 spiro atoms. The molecular weight excluding hydrogens is 400 g/mol. The minimum Gasteiger partial charge on any atom is -0.455 e. The van der Waals surface area contributed by atoms with Gasteiger partial charge >= 0.3 is 0 Å². The number of benzene rings is 1. The average molecular weight is 425 g/mol. The number of carbonyl (C=O) groups is 1. The van der Waals surface area contributed by atoms with E-state index in [-0.39, 0.29) is 5.91 Å². The van der Waals surface area contributed by atoms with Gasteiger partial charge in [0.05, 0.1) is 24.7 Å². The number of amides is 1. The fourth-order valence-corrected chi connectivity index (χ4v) is 3.90. The van der Waals surface area contributed by atoms with Gasteiger partial charge in [0.25, 0.3) is 5.91 Å². The molecule has 0 saturated carbocycles. The van der Waals surface area contributed by atoms with Crippen LogP contribution >= 0.6 is 11.8 Å². The van der Waals surface area contributed by atoms with Crippen molar-refractivity contribution in [2.45, 2.75) is 17.8 Å². The fraction of sp³-hybridized carbons (Fsp3) is 0.318. The molecule has 1 saturated heterocycles. The molecular formula is C22H24N4O3S. The van der Waals surface area contributed by atoms with E-state index >= 15 is 0 Å². The highest BCUT2D eigenvalue weighted by Gasteiger charge is 2.17. The van der Waals surface area contributed by atoms with Crippen molar-refractivity contribution in [1.82, 2.24) is 15.3 Å². The van der Waals surface area contributed by atoms with E-state index in [2.05, 4.69) is 10.2 Å². The standard InChI is InChI=1S/C22H24N4O3S/c1-2-23-21(27)19-9-8-17(29-19)15-30-22-24-18(16-6-4-3-5-7-16)14-20(25-22)26-10-12-28-13-11-26/h3-9,14H,2,10-13,15H2,1H3,(H,23,27). The monoisotopic (exact) mass is 424 g/mol. The quantitative estimate of drug-likeness (QED) is 0.458. The first-order valence-electron chi connectivity index (χ1n) is 10.00. The van der Waals surface area contributed by atoms with Crippen LogP contribution in [0.3, 0.4) is 0 Å². The van der Waals surface area contributed by atoms with Crippen molar-refractivity contribution in [3.63, 3.8) is 0 Å². The third-order valence-corrected chi connectivity index (χ3v) is 5.53. The summed E-state index contributed by atoms with van der Waals surface area (Å²) < 4.78 is 11.1. The van der Waals surface area contributed by atoms with Crippen LogP contribution in [0.2, 0.25) is 0 Å². The van der Waals surface area contributed by atoms with E-state index in [1.54, 1.807) is 6.07 Å². The number of morpholine rings is 1. The molecule has 0 aliphatic carbocycles. The summed E-state index contributed by atoms with van der Waals surface area (Å²) in [6, 6.07) is 15.6. The smallest absolute Gasteiger partial charge is 0.286 e. The maximum Gasteiger partial charge on any atom is 0.286 e. The number of aromatic nitrogens is 2. The van der Waals surface area contributed by atoms with E-state index in [4.69, 9.17) is 19.1 Å². The molecule has 7 nitrogen and oxygen atoms in total. The van der Waals surface area contributed by atoms with E-state index in [0.29, 0.717) is 42.2 Å². The summed E-state index contributed by atoms with van der Waals surface area (Å²) in [5.74, 6) is 2.27. The van der Waals surface area contributed by atoms with Crippen LogP contribution in [0.4, 0.5) is 5.82 Å². The zero-order chi connectivity index (χ0) is 20.8. The summed E-state index contributed by atoms with van der Waals surface area (Å²) in [5, 5.41) is 3.41. The molecule has 3 aromatic rings. The lowest BCUT2D eigenvalue weighted by Crippen LogP contribution is -2.36. The van der Waals surface area contributed by atoms with E-state index < -0.39 is 0 Å². The lowest BCUT2D eigenvalue weighted by atomic mass is 10.1. The number of hydrogen-bond donors (Lipinski definition) is 1. The normalized spacial score (nSPS) is 14.0. The van der Waals surface area contributed by atoms with Crippen LogP contribution in [0.15, 0.2) is 58.1 Å². The highest BCUT2D eigenvalue weighted by atomic mass is 32.2. The number of thioether (sulfide) groups is 1. The third kappa shape index (κ3) is 5.01. The highest BCUT2D eigenvalue weighted by Crippen LogP contribution is 2.28. The predicted molar refractivity (Wildman–Crippen MR) is 117 cm³/mol. The molecule has 30 heavy (non-hydrogen) atoms. The molecule has 1 aliphatic heterocycles. The number of nitrogens with zero attached hydrogens (tertiary/aromatic N) is 3. The van der Waals surface area contributed by atoms with Gasteiger partial charge in [-0.25, -0.2) is 9.97 Å². The highest BCUT2D eigenvalue weighted by molar-refractivity contribution is 7.98. The van der Waals surface area contributed by atoms with Crippen molar-refractivity contribution in [2.75, 3.05) is 37.7 Å². The van der Waals surface area contributed by atoms with Gasteiger partial charge in [0.2, 0.25) is 0 Å². The maximum absolute atomic E-state index is 11.9. The fourth-order valence-electron chi connectivity index (χ4n) is 3.15. The van der Waals surface area contributed by atoms with Gasteiger partial charge in [0.15, 0.2) is 10.9 Å². The molecule has 2 aromatic heterocycles. The number of ether oxygens (including phenoxy) is 1. The molecule has 1 fully saturated rings. The van der Waals surface area contributed by atoms with Crippen LogP contribution in [0.1, 0.15) is 23.2 Å². The molecule has 1 amide bonds. The van der Waals surface area contributed by atoms with Crippen molar-refractivity contribution in [1.29, 1.82) is 0 Å². The Bertz CT molecular complexity index is 987. The van der Waals surface area contributed by atoms with Gasteiger partial charge < -0.3 is 19.4 Å². The van der Waals surface area contributed by atoms with Crippen LogP contribution < -0.4 is 10.2 Å². The minimum absolute atomic E-state index is 0.203. The summed E-state index contributed by atoms with van der Waals surface area (Å²) in [6.07, 6.45) is 0. The summed E-state index contributed by atoms with van der Waals surface area (Å²) in [4.78, 5) is 23.7. The maximum atomic E-state index is 11.9. The Labute approximate surface area is 179 Å². The topological polar surface area (TPSA) is 80.5 Å². The number of carbonyl (C=O) groups excluding carboxylic acids is 1. The van der Waals surface area contributed by atoms with Gasteiger partial charge in [0, 0.05) is 31.3 Å². The Morgan fingerprint density at radius 1 is 1.13 bits per heavy atom. The molecule has 0 unspecified atom stereocenters. The van der Waals surface area contributed by atoms with Gasteiger partial charge in [-0.1, -0.05) is 42.1 Å². The first-order valence-corrected chi connectivity index (χ1v) is 11.0. The summed E-state index contributed by atoms with van der Waals surface area (Å²) in [7, 11) is 0. The number of furan rings is 1. The minimum atomic E-state index is -0.203. The van der Waals surface area contributed by atoms with Crippen molar-refractivity contribution in [3.05, 3.63) is 60.1 Å². The van der Waals surface area contributed by atoms with Gasteiger partial charge in [-0.05, 0) is 19.1 Å². The van der Waals surface area contributed by atoms with Crippen LogP contribution in [0.5, 0.6) is 0 Å². The first-order chi connectivity index (χ1) is 14.7. The third-order valence-electron chi connectivity index (χ3n) is 4.66. The molecule has 1 aliphatic rings. The molecule has 1 N–H and O–H groups in total. The van der Waals surface area contributed by atoms with E-state index in [9.17, 15) is 4.79 Å². The van der Waals surface area contributed by atoms with Crippen molar-refractivity contribution in [2.24, 2.45) is 0 Å². The Kier molecular flexibility index (Phi) is 6.66. The Hall–Kier alpha value is -2.84. The van der Waals surface area contributed by atoms with E-state index in [0.717, 1.165) is 30.2 Å². The molecule has 8 heteroatoms. The van der Waals surface area contributed by atoms with Crippen LogP contribution in [-0.4, -0.2) is 48.7 Å². The molecule has 0 bridgehead atoms. The molecule has 0 radical (unpaired) electrons. The number of nitrogens with one attached hydrogen (secondary N) is 1. The lowest BCUT2D eigenvalue weighted by Gasteiger charge is -2.28. The Balaban J connectivity index is 1.55. The van der Waals surface area contributed by atoms with Gasteiger partial charge in [-0.2, -0.15) is 0 Å². The molecule has 4 rings (SSSR count). The van der Waals surface area contributed by atoms with Crippen molar-refractivity contribution >= 4 is 23.5 Å². The zero-order valence-corrected chi connectivity index (χ0v) is 17.7. The summed E-state index contributed by atoms with van der Waals surface area (Å²) in [5.41, 5.74) is 1.94. The number of rotatable bonds is 7.